The Hall–Kier alpha value is -3.12. The maximum Gasteiger partial charge on any atom is 0.165 e. The number of nitrogens with one attached hydrogen (secondary N) is 4. The molecule has 0 radical (unpaired) electrons. The van der Waals surface area contributed by atoms with Gasteiger partial charge in [-0.3, -0.25) is 38.4 Å². The summed E-state index contributed by atoms with van der Waals surface area (Å²) in [5.41, 5.74) is 0. The molecule has 0 aromatic carbocycles. The maximum absolute atomic E-state index is 11.5. The molecule has 0 amide bonds. The molecular weight excluding hydrogens is 1260 g/mol. The molecule has 11 unspecified atom stereocenters. The van der Waals surface area contributed by atoms with Gasteiger partial charge in [0, 0.05) is 65.5 Å². The number of rotatable bonds is 24. The Labute approximate surface area is 602 Å². The molecule has 4 aliphatic heterocycles. The summed E-state index contributed by atoms with van der Waals surface area (Å²) in [6.07, 6.45) is 17.4. The molecule has 0 aromatic heterocycles. The fraction of sp³-hybridized carbons (Fsp3) is 0.899. The second-order valence-electron chi connectivity index (χ2n) is 30.7. The molecule has 0 bridgehead atoms. The van der Waals surface area contributed by atoms with Crippen LogP contribution in [0.4, 0.5) is 0 Å². The van der Waals surface area contributed by atoms with Gasteiger partial charge in [0.2, 0.25) is 0 Å². The van der Waals surface area contributed by atoms with Crippen molar-refractivity contribution in [2.45, 2.75) is 349 Å². The van der Waals surface area contributed by atoms with Crippen molar-refractivity contribution >= 4 is 46.3 Å². The maximum atomic E-state index is 11.5. The van der Waals surface area contributed by atoms with E-state index in [0.29, 0.717) is 0 Å². The fourth-order valence-corrected chi connectivity index (χ4v) is 12.2. The number of ketones is 8. The molecule has 8 aliphatic rings. The average Bonchev–Trinajstić information content (AvgIpc) is 1.85. The first kappa shape index (κ1) is 102. The minimum Gasteiger partial charge on any atom is -0.385 e. The van der Waals surface area contributed by atoms with Gasteiger partial charge in [0.15, 0.2) is 46.3 Å². The van der Waals surface area contributed by atoms with Crippen molar-refractivity contribution in [1.29, 1.82) is 0 Å². The van der Waals surface area contributed by atoms with Gasteiger partial charge in [0.1, 0.15) is 48.8 Å². The molecule has 99 heavy (non-hydrogen) atoms. The molecule has 8 rings (SSSR count). The van der Waals surface area contributed by atoms with Gasteiger partial charge >= 0.3 is 0 Å². The summed E-state index contributed by atoms with van der Waals surface area (Å²) in [4.78, 5) is 90.6. The Bertz CT molecular complexity index is 2010. The Kier molecular flexibility index (Phi) is 56.3. The van der Waals surface area contributed by atoms with Gasteiger partial charge in [-0.1, -0.05) is 185 Å². The standard InChI is InChI=1S/C11H20O2.2C10H19NO2.C10H18O2.C9H17NO2.C9H16O2.C8H15NO2.C8H14O2.4CH4/c1-8(2)10(12)11(13)9-6-4-3-5-7-9;1-7(2)9(12)10(13)8-3-5-11-6-4-8;1-7(2)9(12)10(13)8-5-3-4-6-11-8;1-7(2)9(11)10(12)8-5-3-4-6-8;1-6(2)8(11)9(12)7-4-3-5-10-7;1-6(2)8(10)9(11)7-4-3-5-7;1-5(2)7(10)8(11)6-3-4-9-6;1-5(2)7(9)8(10)6-3-4-6;;;;/h8-9,11,13H,3-7H2,1-2H3;2*7-8,10-11,13H,3-6H2,1-2H3;7-8,10,12H,3-6H2,1-2H3;6-7,9-10,12H,3-5H2,1-2H3;6-7,9,11H,3-5H2,1-2H3;5-6,8-9,11H,3-4H2,1-2H3;5-6,8,10H,3-4H2,1-2H3;4*1H4. The number of hydrogen-bond acceptors (Lipinski definition) is 20. The summed E-state index contributed by atoms with van der Waals surface area (Å²) in [5.74, 6) is 0.769. The summed E-state index contributed by atoms with van der Waals surface area (Å²) in [6, 6.07) is 0.00782. The second kappa shape index (κ2) is 54.5. The van der Waals surface area contributed by atoms with Crippen LogP contribution in [0.25, 0.3) is 0 Å². The minimum atomic E-state index is -0.805. The van der Waals surface area contributed by atoms with Crippen LogP contribution in [0.2, 0.25) is 0 Å². The molecule has 586 valence electrons. The van der Waals surface area contributed by atoms with Crippen molar-refractivity contribution in [2.24, 2.45) is 76.9 Å². The topological polar surface area (TPSA) is 347 Å². The third-order valence-electron chi connectivity index (χ3n) is 19.8. The number of piperidine rings is 2. The van der Waals surface area contributed by atoms with Crippen LogP contribution in [-0.2, 0) is 38.4 Å². The Balaban J connectivity index is -0.000000519. The number of aliphatic hydroxyl groups is 8. The summed E-state index contributed by atoms with van der Waals surface area (Å²) >= 11 is 0. The Morgan fingerprint density at radius 3 is 0.636 bits per heavy atom. The first-order chi connectivity index (χ1) is 44.5. The summed E-state index contributed by atoms with van der Waals surface area (Å²) in [6.45, 7) is 33.9. The first-order valence-electron chi connectivity index (χ1n) is 37.2. The molecule has 0 aromatic rings. The van der Waals surface area contributed by atoms with Crippen molar-refractivity contribution in [3.63, 3.8) is 0 Å². The SMILES string of the molecule is C.C.C.C.CC(C)C(=O)C(O)C1CC1.CC(C)C(=O)C(O)C1CCC1.CC(C)C(=O)C(O)C1CCCC1.CC(C)C(=O)C(O)C1CCCCC1.CC(C)C(=O)C(O)C1CCCCN1.CC(C)C(=O)C(O)C1CCCN1.CC(C)C(=O)C(O)C1CCN1.CC(C)C(=O)C(O)C1CCNCC1. The lowest BCUT2D eigenvalue weighted by Crippen LogP contribution is -2.54. The van der Waals surface area contributed by atoms with E-state index in [9.17, 15) is 79.2 Å². The quantitative estimate of drug-likeness (QED) is 0.0427. The van der Waals surface area contributed by atoms with Crippen molar-refractivity contribution in [3.05, 3.63) is 0 Å². The third-order valence-corrected chi connectivity index (χ3v) is 19.8. The van der Waals surface area contributed by atoms with Crippen LogP contribution in [0, 0.1) is 76.9 Å². The van der Waals surface area contributed by atoms with E-state index in [0.717, 1.165) is 135 Å². The van der Waals surface area contributed by atoms with E-state index in [1.165, 1.54) is 38.5 Å². The second-order valence-corrected chi connectivity index (χ2v) is 30.7. The largest absolute Gasteiger partial charge is 0.385 e. The van der Waals surface area contributed by atoms with E-state index < -0.39 is 48.8 Å². The number of carbonyl (C=O) groups excluding carboxylic acids is 8. The predicted molar refractivity (Wildman–Crippen MR) is 401 cm³/mol. The number of aliphatic hydroxyl groups excluding tert-OH is 8. The van der Waals surface area contributed by atoms with Gasteiger partial charge < -0.3 is 62.1 Å². The number of hydrogen-bond donors (Lipinski definition) is 12. The minimum absolute atomic E-state index is 0. The molecular formula is C79H154N4O16. The Morgan fingerprint density at radius 1 is 0.222 bits per heavy atom. The van der Waals surface area contributed by atoms with Gasteiger partial charge in [0.25, 0.3) is 0 Å². The number of carbonyl (C=O) groups is 8. The highest BCUT2D eigenvalue weighted by molar-refractivity contribution is 5.88. The van der Waals surface area contributed by atoms with E-state index in [1.54, 1.807) is 0 Å². The molecule has 12 N–H and O–H groups in total. The average molecular weight is 1420 g/mol. The van der Waals surface area contributed by atoms with Crippen LogP contribution in [0.15, 0.2) is 0 Å². The van der Waals surface area contributed by atoms with E-state index in [1.807, 2.05) is 111 Å². The zero-order valence-corrected chi connectivity index (χ0v) is 61.8. The van der Waals surface area contributed by atoms with Crippen molar-refractivity contribution in [1.82, 2.24) is 21.3 Å². The smallest absolute Gasteiger partial charge is 0.165 e. The van der Waals surface area contributed by atoms with Crippen LogP contribution in [-0.4, -0.2) is 187 Å². The highest BCUT2D eigenvalue weighted by atomic mass is 16.3. The summed E-state index contributed by atoms with van der Waals surface area (Å²) in [7, 11) is 0. The van der Waals surface area contributed by atoms with Gasteiger partial charge in [0.05, 0.1) is 0 Å². The van der Waals surface area contributed by atoms with Crippen LogP contribution in [0.5, 0.6) is 0 Å². The van der Waals surface area contributed by atoms with Gasteiger partial charge in [-0.2, -0.15) is 0 Å². The van der Waals surface area contributed by atoms with Crippen molar-refractivity contribution < 1.29 is 79.2 Å². The molecule has 0 spiro atoms. The van der Waals surface area contributed by atoms with E-state index in [4.69, 9.17) is 0 Å². The van der Waals surface area contributed by atoms with E-state index in [-0.39, 0.29) is 171 Å². The first-order valence-corrected chi connectivity index (χ1v) is 37.2. The molecule has 20 nitrogen and oxygen atoms in total. The molecule has 4 saturated heterocycles. The van der Waals surface area contributed by atoms with Crippen molar-refractivity contribution in [2.75, 3.05) is 32.7 Å². The molecule has 8 fully saturated rings. The van der Waals surface area contributed by atoms with Gasteiger partial charge in [-0.15, -0.1) is 0 Å². The monoisotopic (exact) mass is 1420 g/mol. The predicted octanol–water partition coefficient (Wildman–Crippen LogP) is 10.4. The van der Waals surface area contributed by atoms with Crippen LogP contribution in [0.3, 0.4) is 0 Å². The van der Waals surface area contributed by atoms with Crippen molar-refractivity contribution in [3.8, 4) is 0 Å². The molecule has 20 heteroatoms. The third kappa shape index (κ3) is 38.5. The van der Waals surface area contributed by atoms with Crippen LogP contribution < -0.4 is 21.3 Å². The van der Waals surface area contributed by atoms with Crippen LogP contribution >= 0.6 is 0 Å². The highest BCUT2D eigenvalue weighted by Crippen LogP contribution is 2.34. The van der Waals surface area contributed by atoms with Crippen LogP contribution in [0.1, 0.15) is 282 Å². The molecule has 4 heterocycles. The lowest BCUT2D eigenvalue weighted by molar-refractivity contribution is -0.135. The molecule has 11 atom stereocenters. The zero-order chi connectivity index (χ0) is 72.4. The summed E-state index contributed by atoms with van der Waals surface area (Å²) < 4.78 is 0. The zero-order valence-electron chi connectivity index (χ0n) is 61.8. The van der Waals surface area contributed by atoms with E-state index in [2.05, 4.69) is 21.3 Å². The lowest BCUT2D eigenvalue weighted by atomic mass is 9.78. The normalized spacial score (nSPS) is 22.4. The van der Waals surface area contributed by atoms with Gasteiger partial charge in [-0.05, 0) is 159 Å². The molecule has 4 aliphatic carbocycles. The van der Waals surface area contributed by atoms with Gasteiger partial charge in [-0.25, -0.2) is 0 Å². The summed E-state index contributed by atoms with van der Waals surface area (Å²) in [5, 5.41) is 89.1. The van der Waals surface area contributed by atoms with E-state index >= 15 is 0 Å². The lowest BCUT2D eigenvalue weighted by Gasteiger charge is -2.31. The fourth-order valence-electron chi connectivity index (χ4n) is 12.2. The highest BCUT2D eigenvalue weighted by Gasteiger charge is 2.37. The molecule has 4 saturated carbocycles. The number of Topliss-reactive ketones (excluding diaryl/α,β-unsaturated/α-hetero) is 8. The Morgan fingerprint density at radius 2 is 0.424 bits per heavy atom.